The number of rotatable bonds is 7. The van der Waals surface area contributed by atoms with Crippen LogP contribution in [0, 0.1) is 11.3 Å². The fraction of sp³-hybridized carbons (Fsp3) is 0.632. The number of pyridine rings is 1. The number of amides is 1. The number of hydrogen-bond acceptors (Lipinski definition) is 7. The molecular weight excluding hydrogens is 346 g/mol. The van der Waals surface area contributed by atoms with E-state index in [1.807, 2.05) is 7.05 Å². The number of anilines is 1. The Morgan fingerprint density at radius 1 is 1.41 bits per heavy atom. The zero-order chi connectivity index (χ0) is 19.3. The fourth-order valence-electron chi connectivity index (χ4n) is 3.64. The summed E-state index contributed by atoms with van der Waals surface area (Å²) in [4.78, 5) is 22.7. The molecule has 2 aliphatic rings. The maximum atomic E-state index is 12.3. The van der Waals surface area contributed by atoms with Gasteiger partial charge >= 0.3 is 6.09 Å². The molecule has 146 valence electrons. The van der Waals surface area contributed by atoms with Gasteiger partial charge in [-0.1, -0.05) is 0 Å². The lowest BCUT2D eigenvalue weighted by molar-refractivity contribution is 0.0365. The third-order valence-corrected chi connectivity index (χ3v) is 5.35. The molecule has 0 aliphatic carbocycles. The summed E-state index contributed by atoms with van der Waals surface area (Å²) in [7, 11) is 3.71. The van der Waals surface area contributed by atoms with Crippen LogP contribution in [0.5, 0.6) is 0 Å². The van der Waals surface area contributed by atoms with Gasteiger partial charge in [-0.3, -0.25) is 0 Å². The third-order valence-electron chi connectivity index (χ3n) is 5.35. The first-order valence-corrected chi connectivity index (χ1v) is 9.32. The van der Waals surface area contributed by atoms with Crippen molar-refractivity contribution >= 4 is 11.9 Å². The topological polar surface area (TPSA) is 81.9 Å². The number of hydrogen-bond donors (Lipinski definition) is 0. The van der Waals surface area contributed by atoms with E-state index in [0.29, 0.717) is 25.3 Å². The molecule has 0 saturated carbocycles. The maximum Gasteiger partial charge on any atom is 0.410 e. The number of nitriles is 1. The Bertz CT molecular complexity index is 697. The van der Waals surface area contributed by atoms with Crippen molar-refractivity contribution in [2.45, 2.75) is 18.4 Å². The Morgan fingerprint density at radius 2 is 2.19 bits per heavy atom. The molecule has 1 spiro atoms. The van der Waals surface area contributed by atoms with Crippen molar-refractivity contribution in [3.8, 4) is 6.07 Å². The van der Waals surface area contributed by atoms with E-state index in [1.165, 1.54) is 0 Å². The Hall–Kier alpha value is -2.37. The summed E-state index contributed by atoms with van der Waals surface area (Å²) in [5.41, 5.74) is 0.165. The average Bonchev–Trinajstić information content (AvgIpc) is 3.00. The van der Waals surface area contributed by atoms with Gasteiger partial charge in [-0.2, -0.15) is 5.26 Å². The van der Waals surface area contributed by atoms with Crippen LogP contribution >= 0.6 is 0 Å². The fourth-order valence-corrected chi connectivity index (χ4v) is 3.64. The summed E-state index contributed by atoms with van der Waals surface area (Å²) in [5.74, 6) is 0.718. The van der Waals surface area contributed by atoms with Crippen molar-refractivity contribution in [1.29, 1.82) is 5.26 Å². The summed E-state index contributed by atoms with van der Waals surface area (Å²) in [6.45, 7) is 5.04. The highest BCUT2D eigenvalue weighted by Gasteiger charge is 2.47. The molecule has 1 aromatic heterocycles. The molecule has 0 unspecified atom stereocenters. The lowest BCUT2D eigenvalue weighted by atomic mass is 9.91. The van der Waals surface area contributed by atoms with Crippen LogP contribution in [0.3, 0.4) is 0 Å². The van der Waals surface area contributed by atoms with E-state index in [-0.39, 0.29) is 6.09 Å². The minimum Gasteiger partial charge on any atom is -0.441 e. The second-order valence-corrected chi connectivity index (χ2v) is 7.24. The zero-order valence-electron chi connectivity index (χ0n) is 16.1. The van der Waals surface area contributed by atoms with Gasteiger partial charge in [-0.05, 0) is 19.2 Å². The minimum absolute atomic E-state index is 0.223. The van der Waals surface area contributed by atoms with E-state index in [0.717, 1.165) is 44.8 Å². The Morgan fingerprint density at radius 3 is 2.89 bits per heavy atom. The average molecular weight is 373 g/mol. The van der Waals surface area contributed by atoms with Gasteiger partial charge in [-0.15, -0.1) is 0 Å². The standard InChI is InChI=1S/C19H27N5O3/c1-22(12-13-26-2)10-11-24-15-19(27-18(24)25)5-8-23(9-6-19)17-16(14-20)4-3-7-21-17/h3-4,7H,5-6,8-13,15H2,1-2H3. The molecule has 0 radical (unpaired) electrons. The summed E-state index contributed by atoms with van der Waals surface area (Å²) in [5, 5.41) is 9.28. The molecule has 0 aromatic carbocycles. The largest absolute Gasteiger partial charge is 0.441 e. The van der Waals surface area contributed by atoms with Gasteiger partial charge in [0.2, 0.25) is 0 Å². The quantitative estimate of drug-likeness (QED) is 0.713. The summed E-state index contributed by atoms with van der Waals surface area (Å²) < 4.78 is 10.9. The van der Waals surface area contributed by atoms with E-state index >= 15 is 0 Å². The molecule has 0 atom stereocenters. The number of carbonyl (C=O) groups is 1. The molecule has 1 amide bonds. The Balaban J connectivity index is 1.54. The molecule has 3 heterocycles. The molecule has 1 aromatic rings. The first-order chi connectivity index (χ1) is 13.1. The number of aromatic nitrogens is 1. The van der Waals surface area contributed by atoms with Crippen molar-refractivity contribution in [1.82, 2.24) is 14.8 Å². The first-order valence-electron chi connectivity index (χ1n) is 9.32. The normalized spacial score (nSPS) is 18.8. The lowest BCUT2D eigenvalue weighted by Gasteiger charge is -2.38. The predicted octanol–water partition coefficient (Wildman–Crippen LogP) is 1.32. The first kappa shape index (κ1) is 19.4. The van der Waals surface area contributed by atoms with Gasteiger partial charge in [0, 0.05) is 58.9 Å². The van der Waals surface area contributed by atoms with Crippen LogP contribution in [0.15, 0.2) is 18.3 Å². The van der Waals surface area contributed by atoms with E-state index in [2.05, 4.69) is 20.9 Å². The van der Waals surface area contributed by atoms with Crippen molar-refractivity contribution in [3.63, 3.8) is 0 Å². The van der Waals surface area contributed by atoms with Crippen LogP contribution in [-0.2, 0) is 9.47 Å². The smallest absolute Gasteiger partial charge is 0.410 e. The molecule has 2 aliphatic heterocycles. The number of piperidine rings is 1. The monoisotopic (exact) mass is 373 g/mol. The van der Waals surface area contributed by atoms with Gasteiger partial charge in [0.1, 0.15) is 17.5 Å². The maximum absolute atomic E-state index is 12.3. The Kier molecular flexibility index (Phi) is 6.14. The van der Waals surface area contributed by atoms with Crippen LogP contribution in [0.1, 0.15) is 18.4 Å². The van der Waals surface area contributed by atoms with Gasteiger partial charge in [0.05, 0.1) is 18.7 Å². The number of ether oxygens (including phenoxy) is 2. The van der Waals surface area contributed by atoms with Crippen molar-refractivity contribution < 1.29 is 14.3 Å². The van der Waals surface area contributed by atoms with Crippen LogP contribution < -0.4 is 4.90 Å². The Labute approximate surface area is 160 Å². The van der Waals surface area contributed by atoms with Crippen LogP contribution in [0.4, 0.5) is 10.6 Å². The predicted molar refractivity (Wildman–Crippen MR) is 101 cm³/mol. The molecule has 8 nitrogen and oxygen atoms in total. The molecule has 2 saturated heterocycles. The van der Waals surface area contributed by atoms with Gasteiger partial charge < -0.3 is 24.2 Å². The molecule has 27 heavy (non-hydrogen) atoms. The molecule has 0 bridgehead atoms. The molecule has 8 heteroatoms. The molecule has 0 N–H and O–H groups in total. The zero-order valence-corrected chi connectivity index (χ0v) is 16.1. The lowest BCUT2D eigenvalue weighted by Crippen LogP contribution is -2.47. The van der Waals surface area contributed by atoms with E-state index in [9.17, 15) is 10.1 Å². The summed E-state index contributed by atoms with van der Waals surface area (Å²) >= 11 is 0. The number of methoxy groups -OCH3 is 1. The van der Waals surface area contributed by atoms with Crippen LogP contribution in [0.25, 0.3) is 0 Å². The highest BCUT2D eigenvalue weighted by atomic mass is 16.6. The summed E-state index contributed by atoms with van der Waals surface area (Å²) in [6.07, 6.45) is 2.98. The van der Waals surface area contributed by atoms with Crippen LogP contribution in [0.2, 0.25) is 0 Å². The van der Waals surface area contributed by atoms with Crippen molar-refractivity contribution in [3.05, 3.63) is 23.9 Å². The molecule has 2 fully saturated rings. The SMILES string of the molecule is COCCN(C)CCN1CC2(CCN(c3ncccc3C#N)CC2)OC1=O. The third kappa shape index (κ3) is 4.49. The molecule has 3 rings (SSSR count). The number of likely N-dealkylation sites (N-methyl/N-ethyl adjacent to an activating group) is 1. The minimum atomic E-state index is -0.416. The van der Waals surface area contributed by atoms with Gasteiger partial charge in [0.15, 0.2) is 0 Å². The number of nitrogens with zero attached hydrogens (tertiary/aromatic N) is 5. The highest BCUT2D eigenvalue weighted by molar-refractivity contribution is 5.71. The molecular formula is C19H27N5O3. The van der Waals surface area contributed by atoms with Gasteiger partial charge in [0.25, 0.3) is 0 Å². The van der Waals surface area contributed by atoms with Crippen LogP contribution in [-0.4, -0.2) is 86.5 Å². The highest BCUT2D eigenvalue weighted by Crippen LogP contribution is 2.34. The van der Waals surface area contributed by atoms with E-state index < -0.39 is 5.60 Å². The van der Waals surface area contributed by atoms with Gasteiger partial charge in [-0.25, -0.2) is 9.78 Å². The van der Waals surface area contributed by atoms with Crippen molar-refractivity contribution in [2.24, 2.45) is 0 Å². The van der Waals surface area contributed by atoms with E-state index in [1.54, 1.807) is 30.3 Å². The van der Waals surface area contributed by atoms with Crippen molar-refractivity contribution in [2.75, 3.05) is 64.9 Å². The second kappa shape index (κ2) is 8.55. The summed E-state index contributed by atoms with van der Waals surface area (Å²) in [6, 6.07) is 5.75. The second-order valence-electron chi connectivity index (χ2n) is 7.24. The number of carbonyl (C=O) groups excluding carboxylic acids is 1. The van der Waals surface area contributed by atoms with E-state index in [4.69, 9.17) is 9.47 Å².